The van der Waals surface area contributed by atoms with Crippen LogP contribution in [0.15, 0.2) is 28.4 Å². The normalized spacial score (nSPS) is 15.6. The molecule has 1 aromatic carbocycles. The fraction of sp³-hybridized carbons (Fsp3) is 0.467. The number of hydrogen-bond donors (Lipinski definition) is 2. The first-order valence-electron chi connectivity index (χ1n) is 8.04. The van der Waals surface area contributed by atoms with Crippen molar-refractivity contribution in [2.24, 2.45) is 0 Å². The van der Waals surface area contributed by atoms with Gasteiger partial charge < -0.3 is 16.2 Å². The van der Waals surface area contributed by atoms with Crippen LogP contribution in [0.25, 0.3) is 0 Å². The summed E-state index contributed by atoms with van der Waals surface area (Å²) in [5.41, 5.74) is 9.51. The molecule has 1 rings (SSSR count). The molecule has 0 aromatic heterocycles. The van der Waals surface area contributed by atoms with Gasteiger partial charge in [-0.2, -0.15) is 74.6 Å². The zero-order valence-electron chi connectivity index (χ0n) is 16.0. The maximum atomic E-state index is 13.7. The van der Waals surface area contributed by atoms with E-state index in [-0.39, 0.29) is 5.69 Å². The molecule has 4 N–H and O–H groups in total. The first-order valence-corrected chi connectivity index (χ1v) is 8.83. The van der Waals surface area contributed by atoms with Crippen LogP contribution in [0.5, 0.6) is 5.75 Å². The zero-order chi connectivity index (χ0) is 29.1. The number of ether oxygens (including phenoxy) is 1. The summed E-state index contributed by atoms with van der Waals surface area (Å²) >= 11 is 2.49. The van der Waals surface area contributed by atoms with Gasteiger partial charge in [0.25, 0.3) is 0 Å². The monoisotopic (exact) mass is 632 g/mol. The lowest BCUT2D eigenvalue weighted by Gasteiger charge is -2.41. The Morgan fingerprint density at radius 1 is 0.611 bits per heavy atom. The van der Waals surface area contributed by atoms with E-state index in [1.54, 1.807) is 0 Å². The standard InChI is InChI=1S/C15H6BrF17N2O/c16-3-1-4(34)5(35)2-6(3)36-8(18)7(17)9(19,20)10(21,22)11(23,24)12(25,26)13(27,28)14(29,30)15(31,32)33/h1-2H,34-35H2. The van der Waals surface area contributed by atoms with E-state index in [0.717, 1.165) is 0 Å². The number of allylic oxidation sites excluding steroid dienone is 1. The minimum Gasteiger partial charge on any atom is -0.428 e. The van der Waals surface area contributed by atoms with Crippen LogP contribution >= 0.6 is 15.9 Å². The third kappa shape index (κ3) is 4.46. The predicted molar refractivity (Wildman–Crippen MR) is 88.6 cm³/mol. The fourth-order valence-electron chi connectivity index (χ4n) is 2.03. The molecule has 0 heterocycles. The third-order valence-corrected chi connectivity index (χ3v) is 4.73. The SMILES string of the molecule is Nc1cc(Br)c(OC(F)=C(F)C(F)(F)C(F)(F)C(F)(F)C(F)(F)C(F)(F)C(F)(F)C(F)(F)F)cc1N. The van der Waals surface area contributed by atoms with Crippen LogP contribution in [0.4, 0.5) is 86.0 Å². The van der Waals surface area contributed by atoms with Crippen molar-refractivity contribution in [1.82, 2.24) is 0 Å². The summed E-state index contributed by atoms with van der Waals surface area (Å²) in [4.78, 5) is 0. The lowest BCUT2D eigenvalue weighted by molar-refractivity contribution is -0.451. The largest absolute Gasteiger partial charge is 0.460 e. The van der Waals surface area contributed by atoms with Crippen molar-refractivity contribution in [2.45, 2.75) is 41.7 Å². The van der Waals surface area contributed by atoms with E-state index >= 15 is 0 Å². The van der Waals surface area contributed by atoms with Gasteiger partial charge in [-0.15, -0.1) is 0 Å². The molecular weight excluding hydrogens is 627 g/mol. The highest BCUT2D eigenvalue weighted by atomic mass is 79.9. The van der Waals surface area contributed by atoms with Crippen molar-refractivity contribution in [1.29, 1.82) is 0 Å². The molecule has 0 saturated heterocycles. The Morgan fingerprint density at radius 3 is 1.39 bits per heavy atom. The number of benzene rings is 1. The van der Waals surface area contributed by atoms with E-state index in [0.29, 0.717) is 12.1 Å². The zero-order valence-corrected chi connectivity index (χ0v) is 17.6. The molecule has 36 heavy (non-hydrogen) atoms. The van der Waals surface area contributed by atoms with Crippen LogP contribution in [0.2, 0.25) is 0 Å². The molecule has 208 valence electrons. The van der Waals surface area contributed by atoms with Gasteiger partial charge in [0.05, 0.1) is 15.8 Å². The maximum absolute atomic E-state index is 13.7. The molecule has 3 nitrogen and oxygen atoms in total. The summed E-state index contributed by atoms with van der Waals surface area (Å²) in [5, 5.41) is 0. The third-order valence-electron chi connectivity index (χ3n) is 4.11. The van der Waals surface area contributed by atoms with Crippen molar-refractivity contribution in [3.63, 3.8) is 0 Å². The molecule has 0 atom stereocenters. The molecule has 1 aromatic rings. The Labute approximate surface area is 195 Å². The van der Waals surface area contributed by atoms with E-state index in [9.17, 15) is 74.6 Å². The average molecular weight is 633 g/mol. The molecule has 0 aliphatic rings. The van der Waals surface area contributed by atoms with Crippen molar-refractivity contribution in [2.75, 3.05) is 11.5 Å². The Kier molecular flexibility index (Phi) is 7.82. The molecule has 21 heteroatoms. The summed E-state index contributed by atoms with van der Waals surface area (Å²) in [5.74, 6) is -55.6. The van der Waals surface area contributed by atoms with Gasteiger partial charge in [0, 0.05) is 6.07 Å². The second-order valence-electron chi connectivity index (χ2n) is 6.55. The number of nitrogen functional groups attached to an aromatic ring is 2. The molecule has 0 unspecified atom stereocenters. The summed E-state index contributed by atoms with van der Waals surface area (Å²) in [6.07, 6.45) is -7.80. The van der Waals surface area contributed by atoms with Crippen molar-refractivity contribution < 1.29 is 79.4 Å². The molecule has 0 amide bonds. The van der Waals surface area contributed by atoms with E-state index in [4.69, 9.17) is 11.5 Å². The first kappa shape index (κ1) is 31.7. The molecule has 0 radical (unpaired) electrons. The second-order valence-corrected chi connectivity index (χ2v) is 7.40. The van der Waals surface area contributed by atoms with E-state index in [2.05, 4.69) is 20.7 Å². The highest BCUT2D eigenvalue weighted by molar-refractivity contribution is 9.10. The summed E-state index contributed by atoms with van der Waals surface area (Å²) in [6, 6.07) is -2.50. The number of rotatable bonds is 8. The predicted octanol–water partition coefficient (Wildman–Crippen LogP) is 7.47. The summed E-state index contributed by atoms with van der Waals surface area (Å²) in [6.45, 7) is 0. The van der Waals surface area contributed by atoms with E-state index < -0.39 is 69.5 Å². The second kappa shape index (κ2) is 8.89. The Bertz CT molecular complexity index is 1030. The van der Waals surface area contributed by atoms with Crippen molar-refractivity contribution >= 4 is 27.3 Å². The van der Waals surface area contributed by atoms with Crippen LogP contribution < -0.4 is 16.2 Å². The number of nitrogens with two attached hydrogens (primary N) is 2. The van der Waals surface area contributed by atoms with Crippen molar-refractivity contribution in [3.05, 3.63) is 28.4 Å². The van der Waals surface area contributed by atoms with Gasteiger partial charge in [-0.05, 0) is 22.0 Å². The summed E-state index contributed by atoms with van der Waals surface area (Å²) in [7, 11) is 0. The minimum absolute atomic E-state index is 0.339. The van der Waals surface area contributed by atoms with Crippen LogP contribution in [0, 0.1) is 0 Å². The van der Waals surface area contributed by atoms with Crippen molar-refractivity contribution in [3.8, 4) is 5.75 Å². The number of alkyl halides is 15. The Morgan fingerprint density at radius 2 is 0.972 bits per heavy atom. The van der Waals surface area contributed by atoms with Gasteiger partial charge in [-0.1, -0.05) is 0 Å². The fourth-order valence-corrected chi connectivity index (χ4v) is 2.47. The molecule has 0 saturated carbocycles. The quantitative estimate of drug-likeness (QED) is 0.178. The average Bonchev–Trinajstić information content (AvgIpc) is 2.69. The van der Waals surface area contributed by atoms with Crippen LogP contribution in [-0.2, 0) is 0 Å². The molecular formula is C15H6BrF17N2O. The molecule has 0 aliphatic carbocycles. The Balaban J connectivity index is 3.64. The maximum Gasteiger partial charge on any atom is 0.460 e. The smallest absolute Gasteiger partial charge is 0.428 e. The topological polar surface area (TPSA) is 61.3 Å². The van der Waals surface area contributed by atoms with Gasteiger partial charge >= 0.3 is 47.7 Å². The first-order chi connectivity index (χ1) is 15.6. The van der Waals surface area contributed by atoms with E-state index in [1.165, 1.54) is 0 Å². The molecule has 0 fully saturated rings. The van der Waals surface area contributed by atoms with Crippen LogP contribution in [0.1, 0.15) is 0 Å². The summed E-state index contributed by atoms with van der Waals surface area (Å²) < 4.78 is 227. The molecule has 0 spiro atoms. The van der Waals surface area contributed by atoms with Gasteiger partial charge in [0.15, 0.2) is 0 Å². The minimum atomic E-state index is -8.65. The van der Waals surface area contributed by atoms with Gasteiger partial charge in [-0.25, -0.2) is 0 Å². The molecule has 0 aliphatic heterocycles. The van der Waals surface area contributed by atoms with Crippen LogP contribution in [0.3, 0.4) is 0 Å². The number of anilines is 2. The number of halogens is 18. The van der Waals surface area contributed by atoms with Gasteiger partial charge in [0.2, 0.25) is 5.83 Å². The number of hydrogen-bond acceptors (Lipinski definition) is 3. The highest BCUT2D eigenvalue weighted by Gasteiger charge is 2.93. The van der Waals surface area contributed by atoms with Crippen LogP contribution in [-0.4, -0.2) is 41.7 Å². The molecule has 0 bridgehead atoms. The highest BCUT2D eigenvalue weighted by Crippen LogP contribution is 2.63. The lowest BCUT2D eigenvalue weighted by atomic mass is 9.91. The van der Waals surface area contributed by atoms with E-state index in [1.807, 2.05) is 0 Å². The van der Waals surface area contributed by atoms with Gasteiger partial charge in [0.1, 0.15) is 5.75 Å². The lowest BCUT2D eigenvalue weighted by Crippen LogP contribution is -2.72. The van der Waals surface area contributed by atoms with Gasteiger partial charge in [-0.3, -0.25) is 0 Å². The Hall–Kier alpha value is -2.35.